The van der Waals surface area contributed by atoms with Crippen molar-refractivity contribution in [2.75, 3.05) is 0 Å². The van der Waals surface area contributed by atoms with Gasteiger partial charge in [0.25, 0.3) is 0 Å². The largest absolute Gasteiger partial charge is 0.251 e. The molecular weight excluding hydrogens is 188 g/mol. The number of hydrogen-bond acceptors (Lipinski definition) is 2. The van der Waals surface area contributed by atoms with Crippen molar-refractivity contribution in [3.63, 3.8) is 0 Å². The predicted octanol–water partition coefficient (Wildman–Crippen LogP) is 3.53. The van der Waals surface area contributed by atoms with Crippen molar-refractivity contribution in [3.8, 4) is 0 Å². The molecule has 1 aromatic rings. The second-order valence-electron chi connectivity index (χ2n) is 5.04. The summed E-state index contributed by atoms with van der Waals surface area (Å²) in [5, 5.41) is 8.78. The smallest absolute Gasteiger partial charge is 0.123 e. The SMILES string of the molecule is CC1C[C@@H]1c1ccc(C(C)(C)OO)cc1. The van der Waals surface area contributed by atoms with Gasteiger partial charge in [0.05, 0.1) is 0 Å². The van der Waals surface area contributed by atoms with Crippen LogP contribution in [0.3, 0.4) is 0 Å². The molecule has 1 aliphatic carbocycles. The second-order valence-corrected chi connectivity index (χ2v) is 5.04. The zero-order chi connectivity index (χ0) is 11.1. The van der Waals surface area contributed by atoms with Crippen LogP contribution in [0.15, 0.2) is 24.3 Å². The zero-order valence-electron chi connectivity index (χ0n) is 9.53. The Morgan fingerprint density at radius 3 is 2.20 bits per heavy atom. The fraction of sp³-hybridized carbons (Fsp3) is 0.538. The molecular formula is C13H18O2. The number of rotatable bonds is 3. The highest BCUT2D eigenvalue weighted by molar-refractivity contribution is 5.31. The molecule has 0 aromatic heterocycles. The van der Waals surface area contributed by atoms with Crippen LogP contribution in [-0.2, 0) is 10.5 Å². The van der Waals surface area contributed by atoms with Gasteiger partial charge in [0.15, 0.2) is 0 Å². The summed E-state index contributed by atoms with van der Waals surface area (Å²) < 4.78 is 0. The molecule has 1 aromatic carbocycles. The molecule has 0 aliphatic heterocycles. The van der Waals surface area contributed by atoms with Gasteiger partial charge in [-0.2, -0.15) is 0 Å². The Bertz CT molecular complexity index is 340. The quantitative estimate of drug-likeness (QED) is 0.605. The average molecular weight is 206 g/mol. The Kier molecular flexibility index (Phi) is 2.57. The van der Waals surface area contributed by atoms with Gasteiger partial charge in [-0.05, 0) is 43.2 Å². The minimum absolute atomic E-state index is 0.617. The first-order valence-electron chi connectivity index (χ1n) is 5.47. The molecule has 2 heteroatoms. The lowest BCUT2D eigenvalue weighted by atomic mass is 9.96. The standard InChI is InChI=1S/C13H18O2/c1-9-8-12(9)10-4-6-11(7-5-10)13(2,3)15-14/h4-7,9,12,14H,8H2,1-3H3/t9?,12-/m0/s1. The summed E-state index contributed by atoms with van der Waals surface area (Å²) in [6.45, 7) is 5.98. The molecule has 0 heterocycles. The molecule has 1 N–H and O–H groups in total. The molecule has 15 heavy (non-hydrogen) atoms. The van der Waals surface area contributed by atoms with Crippen molar-refractivity contribution in [1.82, 2.24) is 0 Å². The van der Waals surface area contributed by atoms with E-state index in [1.54, 1.807) is 0 Å². The van der Waals surface area contributed by atoms with E-state index in [1.807, 2.05) is 26.0 Å². The van der Waals surface area contributed by atoms with Crippen LogP contribution in [0.4, 0.5) is 0 Å². The Labute approximate surface area is 90.8 Å². The van der Waals surface area contributed by atoms with Gasteiger partial charge in [0.2, 0.25) is 0 Å². The molecule has 0 radical (unpaired) electrons. The highest BCUT2D eigenvalue weighted by Gasteiger charge is 2.34. The Morgan fingerprint density at radius 1 is 1.27 bits per heavy atom. The summed E-state index contributed by atoms with van der Waals surface area (Å²) in [5.41, 5.74) is 1.79. The monoisotopic (exact) mass is 206 g/mol. The van der Waals surface area contributed by atoms with Crippen LogP contribution >= 0.6 is 0 Å². The molecule has 82 valence electrons. The molecule has 0 bridgehead atoms. The van der Waals surface area contributed by atoms with Crippen LogP contribution in [-0.4, -0.2) is 5.26 Å². The molecule has 0 amide bonds. The third-order valence-corrected chi connectivity index (χ3v) is 3.37. The zero-order valence-corrected chi connectivity index (χ0v) is 9.53. The minimum atomic E-state index is -0.617. The normalized spacial score (nSPS) is 25.3. The van der Waals surface area contributed by atoms with Crippen LogP contribution in [0, 0.1) is 5.92 Å². The molecule has 1 aliphatic rings. The lowest BCUT2D eigenvalue weighted by molar-refractivity contribution is -0.318. The summed E-state index contributed by atoms with van der Waals surface area (Å²) in [7, 11) is 0. The van der Waals surface area contributed by atoms with E-state index < -0.39 is 5.60 Å². The average Bonchev–Trinajstić information content (AvgIpc) is 2.96. The molecule has 0 spiro atoms. The fourth-order valence-electron chi connectivity index (χ4n) is 1.97. The van der Waals surface area contributed by atoms with E-state index in [1.165, 1.54) is 12.0 Å². The van der Waals surface area contributed by atoms with Crippen LogP contribution in [0.25, 0.3) is 0 Å². The number of benzene rings is 1. The van der Waals surface area contributed by atoms with Crippen LogP contribution in [0.1, 0.15) is 44.2 Å². The maximum atomic E-state index is 8.78. The third-order valence-electron chi connectivity index (χ3n) is 3.37. The van der Waals surface area contributed by atoms with E-state index in [4.69, 9.17) is 5.26 Å². The fourth-order valence-corrected chi connectivity index (χ4v) is 1.97. The van der Waals surface area contributed by atoms with Crippen molar-refractivity contribution >= 4 is 0 Å². The Hall–Kier alpha value is -0.860. The van der Waals surface area contributed by atoms with E-state index >= 15 is 0 Å². The summed E-state index contributed by atoms with van der Waals surface area (Å²) >= 11 is 0. The molecule has 1 unspecified atom stereocenters. The molecule has 1 fully saturated rings. The van der Waals surface area contributed by atoms with Gasteiger partial charge in [-0.3, -0.25) is 5.26 Å². The van der Waals surface area contributed by atoms with Crippen molar-refractivity contribution < 1.29 is 10.1 Å². The summed E-state index contributed by atoms with van der Waals surface area (Å²) in [5.74, 6) is 1.58. The molecule has 2 atom stereocenters. The van der Waals surface area contributed by atoms with Crippen molar-refractivity contribution in [2.45, 2.75) is 38.7 Å². The van der Waals surface area contributed by atoms with Crippen LogP contribution < -0.4 is 0 Å². The van der Waals surface area contributed by atoms with E-state index in [0.29, 0.717) is 0 Å². The lowest BCUT2D eigenvalue weighted by Crippen LogP contribution is -2.19. The first-order valence-corrected chi connectivity index (χ1v) is 5.47. The summed E-state index contributed by atoms with van der Waals surface area (Å²) in [6, 6.07) is 8.36. The minimum Gasteiger partial charge on any atom is -0.251 e. The van der Waals surface area contributed by atoms with Gasteiger partial charge in [0, 0.05) is 0 Å². The predicted molar refractivity (Wildman–Crippen MR) is 59.7 cm³/mol. The maximum absolute atomic E-state index is 8.78. The van der Waals surface area contributed by atoms with E-state index in [-0.39, 0.29) is 0 Å². The Balaban J connectivity index is 2.17. The van der Waals surface area contributed by atoms with Gasteiger partial charge < -0.3 is 0 Å². The van der Waals surface area contributed by atoms with Crippen molar-refractivity contribution in [3.05, 3.63) is 35.4 Å². The van der Waals surface area contributed by atoms with Gasteiger partial charge in [-0.15, -0.1) is 0 Å². The number of hydrogen-bond donors (Lipinski definition) is 1. The molecule has 0 saturated heterocycles. The lowest BCUT2D eigenvalue weighted by Gasteiger charge is -2.21. The molecule has 2 rings (SSSR count). The van der Waals surface area contributed by atoms with E-state index in [9.17, 15) is 0 Å². The topological polar surface area (TPSA) is 29.5 Å². The van der Waals surface area contributed by atoms with Crippen molar-refractivity contribution in [2.24, 2.45) is 5.92 Å². The van der Waals surface area contributed by atoms with Crippen LogP contribution in [0.5, 0.6) is 0 Å². The Morgan fingerprint density at radius 2 is 1.80 bits per heavy atom. The first-order chi connectivity index (χ1) is 7.04. The van der Waals surface area contributed by atoms with Gasteiger partial charge in [-0.25, -0.2) is 4.89 Å². The van der Waals surface area contributed by atoms with Gasteiger partial charge >= 0.3 is 0 Å². The van der Waals surface area contributed by atoms with E-state index in [2.05, 4.69) is 23.9 Å². The summed E-state index contributed by atoms with van der Waals surface area (Å²) in [4.78, 5) is 4.46. The van der Waals surface area contributed by atoms with Gasteiger partial charge in [-0.1, -0.05) is 31.2 Å². The second kappa shape index (κ2) is 3.62. The third kappa shape index (κ3) is 2.06. The first kappa shape index (κ1) is 10.7. The van der Waals surface area contributed by atoms with Crippen molar-refractivity contribution in [1.29, 1.82) is 0 Å². The highest BCUT2D eigenvalue weighted by atomic mass is 17.1. The molecule has 2 nitrogen and oxygen atoms in total. The van der Waals surface area contributed by atoms with Gasteiger partial charge in [0.1, 0.15) is 5.60 Å². The highest BCUT2D eigenvalue weighted by Crippen LogP contribution is 2.47. The maximum Gasteiger partial charge on any atom is 0.123 e. The van der Waals surface area contributed by atoms with Crippen LogP contribution in [0.2, 0.25) is 0 Å². The summed E-state index contributed by atoms with van der Waals surface area (Å²) in [6.07, 6.45) is 1.30. The molecule has 1 saturated carbocycles. The van der Waals surface area contributed by atoms with E-state index in [0.717, 1.165) is 17.4 Å².